The van der Waals surface area contributed by atoms with Crippen molar-refractivity contribution in [3.05, 3.63) is 71.8 Å². The summed E-state index contributed by atoms with van der Waals surface area (Å²) < 4.78 is 21.8. The van der Waals surface area contributed by atoms with Crippen LogP contribution in [0, 0.1) is 5.82 Å². The van der Waals surface area contributed by atoms with Gasteiger partial charge in [0.05, 0.1) is 16.3 Å². The average molecular weight is 431 g/mol. The number of para-hydroxylation sites is 2. The molecule has 0 fully saturated rings. The molecule has 0 radical (unpaired) electrons. The van der Waals surface area contributed by atoms with Crippen LogP contribution in [-0.2, 0) is 11.3 Å². The third kappa shape index (κ3) is 4.38. The van der Waals surface area contributed by atoms with E-state index in [9.17, 15) is 9.18 Å². The smallest absolute Gasteiger partial charge is 0.266 e. The van der Waals surface area contributed by atoms with E-state index in [-0.39, 0.29) is 18.3 Å². The first-order chi connectivity index (χ1) is 14.1. The zero-order valence-electron chi connectivity index (χ0n) is 15.2. The van der Waals surface area contributed by atoms with Crippen LogP contribution in [0.5, 0.6) is 5.75 Å². The lowest BCUT2D eigenvalue weighted by atomic mass is 10.3. The summed E-state index contributed by atoms with van der Waals surface area (Å²) in [5, 5.41) is 5.19. The number of hydrogen-bond acceptors (Lipinski definition) is 5. The molecule has 0 spiro atoms. The number of rotatable bonds is 7. The molecule has 0 aliphatic carbocycles. The fraction of sp³-hybridized carbons (Fsp3) is 0.150. The molecule has 1 amide bonds. The first-order valence-electron chi connectivity index (χ1n) is 8.82. The SMILES string of the molecule is O=C(COc1ccccc1F)N(CCn1cccn1)c1nc2c(Cl)cccc2s1. The fourth-order valence-electron chi connectivity index (χ4n) is 2.76. The molecular formula is C20H16ClFN4O2S. The highest BCUT2D eigenvalue weighted by Crippen LogP contribution is 2.33. The zero-order valence-corrected chi connectivity index (χ0v) is 16.7. The predicted octanol–water partition coefficient (Wildman–Crippen LogP) is 4.40. The molecule has 0 saturated heterocycles. The topological polar surface area (TPSA) is 60.2 Å². The van der Waals surface area contributed by atoms with Crippen LogP contribution in [-0.4, -0.2) is 33.8 Å². The normalized spacial score (nSPS) is 11.0. The number of amides is 1. The second-order valence-corrected chi connectivity index (χ2v) is 7.53. The lowest BCUT2D eigenvalue weighted by Crippen LogP contribution is -2.37. The van der Waals surface area contributed by atoms with Gasteiger partial charge in [0.25, 0.3) is 5.91 Å². The maximum Gasteiger partial charge on any atom is 0.266 e. The fourth-order valence-corrected chi connectivity index (χ4v) is 4.07. The molecule has 4 aromatic rings. The molecule has 148 valence electrons. The van der Waals surface area contributed by atoms with Crippen LogP contribution in [0.2, 0.25) is 5.02 Å². The summed E-state index contributed by atoms with van der Waals surface area (Å²) in [6.45, 7) is 0.490. The van der Waals surface area contributed by atoms with Crippen molar-refractivity contribution in [2.24, 2.45) is 0 Å². The molecule has 0 unspecified atom stereocenters. The number of ether oxygens (including phenoxy) is 1. The molecule has 9 heteroatoms. The lowest BCUT2D eigenvalue weighted by Gasteiger charge is -2.20. The minimum Gasteiger partial charge on any atom is -0.481 e. The minimum absolute atomic E-state index is 0.0280. The number of fused-ring (bicyclic) bond motifs is 1. The molecule has 0 aliphatic rings. The van der Waals surface area contributed by atoms with Crippen molar-refractivity contribution < 1.29 is 13.9 Å². The standard InChI is InChI=1S/C20H16ClFN4O2S/c21-14-5-3-8-17-19(14)24-20(29-17)26(12-11-25-10-4-9-23-25)18(27)13-28-16-7-2-1-6-15(16)22/h1-10H,11-13H2. The summed E-state index contributed by atoms with van der Waals surface area (Å²) in [5.74, 6) is -0.828. The van der Waals surface area contributed by atoms with E-state index in [4.69, 9.17) is 16.3 Å². The summed E-state index contributed by atoms with van der Waals surface area (Å²) in [6, 6.07) is 13.3. The number of nitrogens with zero attached hydrogens (tertiary/aromatic N) is 4. The van der Waals surface area contributed by atoms with Crippen molar-refractivity contribution in [3.63, 3.8) is 0 Å². The molecular weight excluding hydrogens is 415 g/mol. The van der Waals surface area contributed by atoms with Crippen LogP contribution in [0.1, 0.15) is 0 Å². The van der Waals surface area contributed by atoms with Gasteiger partial charge in [-0.15, -0.1) is 0 Å². The van der Waals surface area contributed by atoms with E-state index in [1.165, 1.54) is 28.4 Å². The number of carbonyl (C=O) groups excluding carboxylic acids is 1. The van der Waals surface area contributed by atoms with Gasteiger partial charge in [0.1, 0.15) is 5.52 Å². The number of hydrogen-bond donors (Lipinski definition) is 0. The van der Waals surface area contributed by atoms with Crippen LogP contribution >= 0.6 is 22.9 Å². The maximum atomic E-state index is 13.8. The minimum atomic E-state index is -0.518. The van der Waals surface area contributed by atoms with E-state index in [2.05, 4.69) is 10.1 Å². The van der Waals surface area contributed by atoms with E-state index in [1.807, 2.05) is 24.4 Å². The molecule has 0 saturated carbocycles. The summed E-state index contributed by atoms with van der Waals surface area (Å²) >= 11 is 7.59. The van der Waals surface area contributed by atoms with Crippen LogP contribution in [0.3, 0.4) is 0 Å². The highest BCUT2D eigenvalue weighted by atomic mass is 35.5. The Kier molecular flexibility index (Phi) is 5.73. The Morgan fingerprint density at radius 1 is 1.21 bits per heavy atom. The van der Waals surface area contributed by atoms with Crippen molar-refractivity contribution in [2.75, 3.05) is 18.1 Å². The molecule has 2 aromatic heterocycles. The van der Waals surface area contributed by atoms with E-state index in [0.717, 1.165) is 4.70 Å². The van der Waals surface area contributed by atoms with Gasteiger partial charge in [-0.05, 0) is 30.3 Å². The molecule has 2 heterocycles. The van der Waals surface area contributed by atoms with Crippen LogP contribution in [0.4, 0.5) is 9.52 Å². The number of halogens is 2. The lowest BCUT2D eigenvalue weighted by molar-refractivity contribution is -0.120. The maximum absolute atomic E-state index is 13.8. The Morgan fingerprint density at radius 2 is 2.07 bits per heavy atom. The molecule has 2 aromatic carbocycles. The molecule has 6 nitrogen and oxygen atoms in total. The van der Waals surface area contributed by atoms with Gasteiger partial charge < -0.3 is 4.74 Å². The second-order valence-electron chi connectivity index (χ2n) is 6.12. The van der Waals surface area contributed by atoms with Crippen LogP contribution < -0.4 is 9.64 Å². The monoisotopic (exact) mass is 430 g/mol. The Labute approximate surface area is 175 Å². The van der Waals surface area contributed by atoms with Crippen LogP contribution in [0.25, 0.3) is 10.2 Å². The van der Waals surface area contributed by atoms with E-state index in [1.54, 1.807) is 29.1 Å². The Hall–Kier alpha value is -2.97. The summed E-state index contributed by atoms with van der Waals surface area (Å²) in [7, 11) is 0. The van der Waals surface area contributed by atoms with Crippen LogP contribution in [0.15, 0.2) is 60.9 Å². The molecule has 0 atom stereocenters. The number of carbonyl (C=O) groups is 1. The van der Waals surface area contributed by atoms with Crippen molar-refractivity contribution in [1.29, 1.82) is 0 Å². The first-order valence-corrected chi connectivity index (χ1v) is 10.0. The number of benzene rings is 2. The summed E-state index contributed by atoms with van der Waals surface area (Å²) in [6.07, 6.45) is 3.48. The van der Waals surface area contributed by atoms with Gasteiger partial charge in [-0.2, -0.15) is 5.10 Å². The van der Waals surface area contributed by atoms with Gasteiger partial charge in [-0.25, -0.2) is 9.37 Å². The summed E-state index contributed by atoms with van der Waals surface area (Å²) in [5.41, 5.74) is 0.640. The number of aromatic nitrogens is 3. The predicted molar refractivity (Wildman–Crippen MR) is 111 cm³/mol. The van der Waals surface area contributed by atoms with E-state index < -0.39 is 5.82 Å². The number of thiazole rings is 1. The Morgan fingerprint density at radius 3 is 2.83 bits per heavy atom. The number of anilines is 1. The molecule has 4 rings (SSSR count). The first kappa shape index (κ1) is 19.4. The van der Waals surface area contributed by atoms with Crippen molar-refractivity contribution in [3.8, 4) is 5.75 Å². The summed E-state index contributed by atoms with van der Waals surface area (Å²) in [4.78, 5) is 19.0. The zero-order chi connectivity index (χ0) is 20.2. The van der Waals surface area contributed by atoms with Crippen molar-refractivity contribution in [2.45, 2.75) is 6.54 Å². The van der Waals surface area contributed by atoms with Gasteiger partial charge in [-0.3, -0.25) is 14.4 Å². The largest absolute Gasteiger partial charge is 0.481 e. The Bertz CT molecular complexity index is 1130. The van der Waals surface area contributed by atoms with Gasteiger partial charge in [0.15, 0.2) is 23.3 Å². The second kappa shape index (κ2) is 8.59. The van der Waals surface area contributed by atoms with Gasteiger partial charge in [-0.1, -0.05) is 41.1 Å². The van der Waals surface area contributed by atoms with Gasteiger partial charge in [0, 0.05) is 18.9 Å². The van der Waals surface area contributed by atoms with Gasteiger partial charge >= 0.3 is 0 Å². The third-order valence-corrected chi connectivity index (χ3v) is 5.54. The van der Waals surface area contributed by atoms with E-state index >= 15 is 0 Å². The highest BCUT2D eigenvalue weighted by molar-refractivity contribution is 7.22. The van der Waals surface area contributed by atoms with E-state index in [0.29, 0.717) is 28.8 Å². The van der Waals surface area contributed by atoms with Gasteiger partial charge in [0.2, 0.25) is 0 Å². The van der Waals surface area contributed by atoms with Crippen molar-refractivity contribution in [1.82, 2.24) is 14.8 Å². The quantitative estimate of drug-likeness (QED) is 0.436. The average Bonchev–Trinajstić information content (AvgIpc) is 3.38. The molecule has 29 heavy (non-hydrogen) atoms. The highest BCUT2D eigenvalue weighted by Gasteiger charge is 2.21. The van der Waals surface area contributed by atoms with Crippen molar-refractivity contribution >= 4 is 44.2 Å². The molecule has 0 N–H and O–H groups in total. The Balaban J connectivity index is 1.57. The molecule has 0 bridgehead atoms. The molecule has 0 aliphatic heterocycles. The third-order valence-electron chi connectivity index (χ3n) is 4.19.